The summed E-state index contributed by atoms with van der Waals surface area (Å²) in [7, 11) is 0. The van der Waals surface area contributed by atoms with Crippen molar-refractivity contribution < 1.29 is 9.59 Å². The average molecular weight is 370 g/mol. The lowest BCUT2D eigenvalue weighted by molar-refractivity contribution is -0.117. The number of fused-ring (bicyclic) bond motifs is 2. The van der Waals surface area contributed by atoms with Crippen LogP contribution in [0.5, 0.6) is 0 Å². The Labute approximate surface area is 156 Å². The minimum absolute atomic E-state index is 0.0255. The first kappa shape index (κ1) is 17.0. The van der Waals surface area contributed by atoms with Crippen LogP contribution in [0.25, 0.3) is 0 Å². The second kappa shape index (κ2) is 7.07. The molecule has 0 spiro atoms. The molecule has 26 heavy (non-hydrogen) atoms. The second-order valence-electron chi connectivity index (χ2n) is 6.97. The zero-order valence-corrected chi connectivity index (χ0v) is 15.6. The number of nitrogens with one attached hydrogen (secondary N) is 2. The second-order valence-corrected chi connectivity index (χ2v) is 8.05. The third-order valence-electron chi connectivity index (χ3n) is 4.99. The highest BCUT2D eigenvalue weighted by Gasteiger charge is 2.24. The summed E-state index contributed by atoms with van der Waals surface area (Å²) in [6.07, 6.45) is 4.01. The maximum Gasteiger partial charge on any atom is 0.321 e. The summed E-state index contributed by atoms with van der Waals surface area (Å²) >= 11 is 1.54. The van der Waals surface area contributed by atoms with Gasteiger partial charge in [-0.2, -0.15) is 0 Å². The van der Waals surface area contributed by atoms with Gasteiger partial charge in [-0.15, -0.1) is 11.3 Å². The predicted molar refractivity (Wildman–Crippen MR) is 103 cm³/mol. The van der Waals surface area contributed by atoms with Gasteiger partial charge < -0.3 is 10.2 Å². The van der Waals surface area contributed by atoms with Crippen LogP contribution < -0.4 is 15.5 Å². The first-order valence-electron chi connectivity index (χ1n) is 9.02. The third kappa shape index (κ3) is 3.44. The van der Waals surface area contributed by atoms with Crippen molar-refractivity contribution in [3.05, 3.63) is 40.4 Å². The number of para-hydroxylation sites is 1. The van der Waals surface area contributed by atoms with Crippen molar-refractivity contribution in [2.45, 2.75) is 32.6 Å². The Morgan fingerprint density at radius 1 is 1.31 bits per heavy atom. The number of aryl methyl sites for hydroxylation is 1. The molecule has 4 rings (SSSR count). The molecule has 2 N–H and O–H groups in total. The van der Waals surface area contributed by atoms with Crippen molar-refractivity contribution in [3.63, 3.8) is 0 Å². The molecule has 2 aromatic rings. The number of hydrogen-bond acceptors (Lipinski definition) is 4. The molecule has 7 heteroatoms. The monoisotopic (exact) mass is 370 g/mol. The molecule has 0 unspecified atom stereocenters. The first-order chi connectivity index (χ1) is 12.6. The van der Waals surface area contributed by atoms with Gasteiger partial charge in [0, 0.05) is 17.1 Å². The number of thiazole rings is 1. The molecular formula is C19H22N4O2S. The van der Waals surface area contributed by atoms with Crippen molar-refractivity contribution in [2.24, 2.45) is 5.92 Å². The number of anilines is 2. The van der Waals surface area contributed by atoms with Crippen LogP contribution in [-0.4, -0.2) is 30.0 Å². The van der Waals surface area contributed by atoms with Crippen LogP contribution in [0.3, 0.4) is 0 Å². The lowest BCUT2D eigenvalue weighted by atomic mass is 9.93. The predicted octanol–water partition coefficient (Wildman–Crippen LogP) is 2.98. The molecule has 3 amide bonds. The van der Waals surface area contributed by atoms with Crippen LogP contribution >= 0.6 is 11.3 Å². The van der Waals surface area contributed by atoms with E-state index in [1.807, 2.05) is 24.3 Å². The summed E-state index contributed by atoms with van der Waals surface area (Å²) in [6, 6.07) is 7.50. The number of carbonyl (C=O) groups excluding carboxylic acids is 2. The summed E-state index contributed by atoms with van der Waals surface area (Å²) in [5.41, 5.74) is 3.22. The maximum absolute atomic E-state index is 12.4. The molecule has 0 fully saturated rings. The van der Waals surface area contributed by atoms with Crippen molar-refractivity contribution in [3.8, 4) is 0 Å². The zero-order chi connectivity index (χ0) is 18.1. The van der Waals surface area contributed by atoms with E-state index in [9.17, 15) is 9.59 Å². The van der Waals surface area contributed by atoms with E-state index in [0.29, 0.717) is 17.6 Å². The molecule has 2 aliphatic rings. The Balaban J connectivity index is 1.31. The van der Waals surface area contributed by atoms with Gasteiger partial charge >= 0.3 is 6.03 Å². The number of aromatic nitrogens is 1. The van der Waals surface area contributed by atoms with Gasteiger partial charge in [0.2, 0.25) is 5.91 Å². The number of urea groups is 1. The lowest BCUT2D eigenvalue weighted by Crippen LogP contribution is -2.41. The first-order valence-corrected chi connectivity index (χ1v) is 9.83. The molecule has 1 aromatic carbocycles. The Kier molecular flexibility index (Phi) is 4.63. The SMILES string of the molecule is C[C@@H]1CCc2nc(NC(=O)NCC(=O)N3CCc4ccccc43)sc2C1. The van der Waals surface area contributed by atoms with Crippen LogP contribution in [0.15, 0.2) is 24.3 Å². The number of nitrogens with zero attached hydrogens (tertiary/aromatic N) is 2. The van der Waals surface area contributed by atoms with Gasteiger partial charge in [-0.1, -0.05) is 25.1 Å². The Hall–Kier alpha value is -2.41. The Morgan fingerprint density at radius 2 is 2.15 bits per heavy atom. The van der Waals surface area contributed by atoms with Gasteiger partial charge in [-0.05, 0) is 43.2 Å². The summed E-state index contributed by atoms with van der Waals surface area (Å²) < 4.78 is 0. The van der Waals surface area contributed by atoms with E-state index in [1.165, 1.54) is 21.8 Å². The zero-order valence-electron chi connectivity index (χ0n) is 14.7. The highest BCUT2D eigenvalue weighted by molar-refractivity contribution is 7.15. The fourth-order valence-corrected chi connectivity index (χ4v) is 4.75. The largest absolute Gasteiger partial charge is 0.329 e. The molecule has 2 heterocycles. The van der Waals surface area contributed by atoms with E-state index in [-0.39, 0.29) is 18.5 Å². The minimum Gasteiger partial charge on any atom is -0.329 e. The molecule has 1 aliphatic carbocycles. The van der Waals surface area contributed by atoms with Crippen LogP contribution in [0.4, 0.5) is 15.6 Å². The fraction of sp³-hybridized carbons (Fsp3) is 0.421. The number of amides is 3. The lowest BCUT2D eigenvalue weighted by Gasteiger charge is -2.17. The standard InChI is InChI=1S/C19H22N4O2S/c1-12-6-7-14-16(10-12)26-19(21-14)22-18(25)20-11-17(24)23-9-8-13-4-2-3-5-15(13)23/h2-5,12H,6-11H2,1H3,(H2,20,21,22,25)/t12-/m1/s1. The molecule has 0 saturated carbocycles. The molecule has 136 valence electrons. The summed E-state index contributed by atoms with van der Waals surface area (Å²) in [4.78, 5) is 32.1. The molecule has 6 nitrogen and oxygen atoms in total. The van der Waals surface area contributed by atoms with Crippen molar-refractivity contribution >= 4 is 34.1 Å². The number of benzene rings is 1. The summed E-state index contributed by atoms with van der Waals surface area (Å²) in [5, 5.41) is 6.03. The Bertz CT molecular complexity index is 848. The van der Waals surface area contributed by atoms with Crippen LogP contribution in [0.1, 0.15) is 29.5 Å². The molecule has 1 atom stereocenters. The maximum atomic E-state index is 12.4. The molecule has 1 aromatic heterocycles. The third-order valence-corrected chi connectivity index (χ3v) is 6.03. The average Bonchev–Trinajstić information content (AvgIpc) is 3.22. The molecule has 0 radical (unpaired) electrons. The van der Waals surface area contributed by atoms with E-state index in [2.05, 4.69) is 22.5 Å². The van der Waals surface area contributed by atoms with E-state index in [4.69, 9.17) is 0 Å². The van der Waals surface area contributed by atoms with E-state index < -0.39 is 0 Å². The van der Waals surface area contributed by atoms with Gasteiger partial charge in [0.05, 0.1) is 12.2 Å². The number of carbonyl (C=O) groups is 2. The van der Waals surface area contributed by atoms with Gasteiger partial charge in [0.15, 0.2) is 5.13 Å². The molecule has 1 aliphatic heterocycles. The van der Waals surface area contributed by atoms with Crippen LogP contribution in [0, 0.1) is 5.92 Å². The van der Waals surface area contributed by atoms with Crippen LogP contribution in [0.2, 0.25) is 0 Å². The van der Waals surface area contributed by atoms with E-state index in [0.717, 1.165) is 37.1 Å². The normalized spacial score (nSPS) is 18.2. The summed E-state index contributed by atoms with van der Waals surface area (Å²) in [5.74, 6) is 0.572. The quantitative estimate of drug-likeness (QED) is 0.872. The highest BCUT2D eigenvalue weighted by Crippen LogP contribution is 2.32. The van der Waals surface area contributed by atoms with E-state index >= 15 is 0 Å². The summed E-state index contributed by atoms with van der Waals surface area (Å²) in [6.45, 7) is 2.88. The van der Waals surface area contributed by atoms with E-state index in [1.54, 1.807) is 4.90 Å². The molecular weight excluding hydrogens is 348 g/mol. The van der Waals surface area contributed by atoms with Gasteiger partial charge in [0.1, 0.15) is 0 Å². The van der Waals surface area contributed by atoms with Gasteiger partial charge in [-0.25, -0.2) is 9.78 Å². The van der Waals surface area contributed by atoms with Crippen molar-refractivity contribution in [2.75, 3.05) is 23.3 Å². The van der Waals surface area contributed by atoms with Crippen LogP contribution in [-0.2, 0) is 24.1 Å². The van der Waals surface area contributed by atoms with Gasteiger partial charge in [-0.3, -0.25) is 10.1 Å². The minimum atomic E-state index is -0.384. The highest BCUT2D eigenvalue weighted by atomic mass is 32.1. The molecule has 0 bridgehead atoms. The molecule has 0 saturated heterocycles. The Morgan fingerprint density at radius 3 is 3.04 bits per heavy atom. The van der Waals surface area contributed by atoms with Crippen molar-refractivity contribution in [1.29, 1.82) is 0 Å². The smallest absolute Gasteiger partial charge is 0.321 e. The number of hydrogen-bond donors (Lipinski definition) is 2. The number of rotatable bonds is 3. The topological polar surface area (TPSA) is 74.3 Å². The van der Waals surface area contributed by atoms with Crippen molar-refractivity contribution in [1.82, 2.24) is 10.3 Å². The fourth-order valence-electron chi connectivity index (χ4n) is 3.58. The van der Waals surface area contributed by atoms with Gasteiger partial charge in [0.25, 0.3) is 0 Å².